The SMILES string of the molecule is CC(=O)Oc1ccc([S+]2C3CCCC2CCC3)c2ccccc12. The van der Waals surface area contributed by atoms with Gasteiger partial charge >= 0.3 is 5.97 Å². The summed E-state index contributed by atoms with van der Waals surface area (Å²) in [6.07, 6.45) is 8.36. The molecule has 0 radical (unpaired) electrons. The molecule has 2 fully saturated rings. The maximum absolute atomic E-state index is 11.4. The van der Waals surface area contributed by atoms with Gasteiger partial charge in [0.1, 0.15) is 16.2 Å². The van der Waals surface area contributed by atoms with Crippen LogP contribution in [0.15, 0.2) is 41.3 Å². The summed E-state index contributed by atoms with van der Waals surface area (Å²) in [5.74, 6) is 0.447. The average molecular weight is 327 g/mol. The van der Waals surface area contributed by atoms with Crippen molar-refractivity contribution in [1.29, 1.82) is 0 Å². The zero-order valence-electron chi connectivity index (χ0n) is 13.6. The molecule has 2 saturated heterocycles. The molecule has 2 heterocycles. The van der Waals surface area contributed by atoms with E-state index in [1.54, 1.807) is 0 Å². The maximum atomic E-state index is 11.4. The zero-order chi connectivity index (χ0) is 15.8. The molecule has 0 amide bonds. The molecule has 2 nitrogen and oxygen atoms in total. The van der Waals surface area contributed by atoms with Gasteiger partial charge in [0, 0.05) is 28.6 Å². The lowest BCUT2D eigenvalue weighted by Crippen LogP contribution is -2.40. The van der Waals surface area contributed by atoms with Gasteiger partial charge in [0.25, 0.3) is 0 Å². The van der Waals surface area contributed by atoms with E-state index in [4.69, 9.17) is 4.74 Å². The second-order valence-electron chi connectivity index (χ2n) is 6.68. The van der Waals surface area contributed by atoms with Gasteiger partial charge in [0.05, 0.1) is 0 Å². The third kappa shape index (κ3) is 2.76. The first kappa shape index (κ1) is 15.1. The first-order valence-electron chi connectivity index (χ1n) is 8.66. The smallest absolute Gasteiger partial charge is 0.308 e. The number of carbonyl (C=O) groups is 1. The van der Waals surface area contributed by atoms with Gasteiger partial charge in [-0.15, -0.1) is 0 Å². The number of benzene rings is 2. The molecule has 4 rings (SSSR count). The van der Waals surface area contributed by atoms with Crippen LogP contribution in [-0.4, -0.2) is 16.5 Å². The minimum atomic E-state index is -0.250. The van der Waals surface area contributed by atoms with Crippen LogP contribution in [-0.2, 0) is 15.7 Å². The largest absolute Gasteiger partial charge is 0.426 e. The first-order chi connectivity index (χ1) is 11.2. The van der Waals surface area contributed by atoms with E-state index in [1.165, 1.54) is 55.7 Å². The second-order valence-corrected chi connectivity index (χ2v) is 9.20. The van der Waals surface area contributed by atoms with Crippen LogP contribution in [0, 0.1) is 0 Å². The van der Waals surface area contributed by atoms with Crippen molar-refractivity contribution >= 4 is 27.6 Å². The van der Waals surface area contributed by atoms with Gasteiger partial charge in [-0.25, -0.2) is 0 Å². The van der Waals surface area contributed by atoms with E-state index >= 15 is 0 Å². The van der Waals surface area contributed by atoms with E-state index < -0.39 is 0 Å². The molecule has 0 unspecified atom stereocenters. The molecule has 2 aliphatic rings. The highest BCUT2D eigenvalue weighted by Crippen LogP contribution is 2.45. The Morgan fingerprint density at radius 1 is 0.957 bits per heavy atom. The van der Waals surface area contributed by atoms with Crippen molar-refractivity contribution < 1.29 is 9.53 Å². The Bertz CT molecular complexity index is 717. The van der Waals surface area contributed by atoms with Crippen LogP contribution in [0.25, 0.3) is 10.8 Å². The summed E-state index contributed by atoms with van der Waals surface area (Å²) in [5.41, 5.74) is 0. The van der Waals surface area contributed by atoms with Crippen LogP contribution < -0.4 is 4.74 Å². The van der Waals surface area contributed by atoms with Gasteiger partial charge < -0.3 is 4.74 Å². The molecule has 0 aliphatic carbocycles. The Morgan fingerprint density at radius 3 is 2.17 bits per heavy atom. The fourth-order valence-corrected chi connectivity index (χ4v) is 7.87. The van der Waals surface area contributed by atoms with Gasteiger partial charge in [-0.1, -0.05) is 18.2 Å². The molecular formula is C20H23O2S+. The van der Waals surface area contributed by atoms with Gasteiger partial charge in [-0.2, -0.15) is 0 Å². The molecule has 0 N–H and O–H groups in total. The van der Waals surface area contributed by atoms with Crippen molar-refractivity contribution in [1.82, 2.24) is 0 Å². The molecule has 0 saturated carbocycles. The van der Waals surface area contributed by atoms with Crippen molar-refractivity contribution in [2.24, 2.45) is 0 Å². The molecule has 0 aromatic heterocycles. The van der Waals surface area contributed by atoms with E-state index in [0.717, 1.165) is 15.9 Å². The molecule has 0 atom stereocenters. The van der Waals surface area contributed by atoms with Crippen LogP contribution in [0.5, 0.6) is 5.75 Å². The third-order valence-electron chi connectivity index (χ3n) is 5.17. The van der Waals surface area contributed by atoms with Gasteiger partial charge in [-0.3, -0.25) is 4.79 Å². The molecule has 3 heteroatoms. The predicted octanol–water partition coefficient (Wildman–Crippen LogP) is 4.85. The van der Waals surface area contributed by atoms with Gasteiger partial charge in [0.2, 0.25) is 0 Å². The van der Waals surface area contributed by atoms with Crippen LogP contribution in [0.1, 0.15) is 45.4 Å². The van der Waals surface area contributed by atoms with Crippen molar-refractivity contribution in [3.8, 4) is 5.75 Å². The summed E-state index contributed by atoms with van der Waals surface area (Å²) in [6, 6.07) is 12.7. The van der Waals surface area contributed by atoms with Crippen LogP contribution in [0.4, 0.5) is 0 Å². The first-order valence-corrected chi connectivity index (χ1v) is 10.0. The van der Waals surface area contributed by atoms with Gasteiger partial charge in [-0.05, 0) is 56.7 Å². The number of hydrogen-bond donors (Lipinski definition) is 0. The number of rotatable bonds is 2. The average Bonchev–Trinajstić information content (AvgIpc) is 2.54. The lowest BCUT2D eigenvalue weighted by atomic mass is 9.99. The van der Waals surface area contributed by atoms with Crippen LogP contribution in [0.2, 0.25) is 0 Å². The Hall–Kier alpha value is -1.48. The van der Waals surface area contributed by atoms with Crippen LogP contribution in [0.3, 0.4) is 0 Å². The highest BCUT2D eigenvalue weighted by atomic mass is 32.2. The summed E-state index contributed by atoms with van der Waals surface area (Å²) in [5, 5.41) is 4.10. The minimum absolute atomic E-state index is 0.250. The van der Waals surface area contributed by atoms with E-state index in [-0.39, 0.29) is 5.97 Å². The number of hydrogen-bond acceptors (Lipinski definition) is 2. The minimum Gasteiger partial charge on any atom is -0.426 e. The fourth-order valence-electron chi connectivity index (χ4n) is 4.27. The summed E-state index contributed by atoms with van der Waals surface area (Å²) in [6.45, 7) is 1.47. The second kappa shape index (κ2) is 6.20. The molecule has 2 aliphatic heterocycles. The molecular weight excluding hydrogens is 304 g/mol. The lowest BCUT2D eigenvalue weighted by Gasteiger charge is -2.35. The van der Waals surface area contributed by atoms with Gasteiger partial charge in [0.15, 0.2) is 4.90 Å². The standard InChI is InChI=1S/C20H23O2S/c1-14(21)22-19-12-13-20(18-11-3-2-10-17(18)19)23-15-6-4-7-16(23)9-5-8-15/h2-3,10-13,15-16H,4-9H2,1H3/q+1. The van der Waals surface area contributed by atoms with E-state index in [2.05, 4.69) is 24.3 Å². The quantitative estimate of drug-likeness (QED) is 0.448. The molecule has 2 aromatic carbocycles. The summed E-state index contributed by atoms with van der Waals surface area (Å²) in [7, 11) is 0.360. The summed E-state index contributed by atoms with van der Waals surface area (Å²) >= 11 is 0. The Labute approximate surface area is 140 Å². The molecule has 23 heavy (non-hydrogen) atoms. The molecule has 0 spiro atoms. The highest BCUT2D eigenvalue weighted by Gasteiger charge is 2.46. The topological polar surface area (TPSA) is 26.3 Å². The normalized spacial score (nSPS) is 26.9. The monoisotopic (exact) mass is 327 g/mol. The van der Waals surface area contributed by atoms with Crippen LogP contribution >= 0.6 is 0 Å². The number of ether oxygens (including phenoxy) is 1. The van der Waals surface area contributed by atoms with Crippen molar-refractivity contribution in [3.63, 3.8) is 0 Å². The Kier molecular flexibility index (Phi) is 4.06. The Balaban J connectivity index is 1.83. The number of carbonyl (C=O) groups excluding carboxylic acids is 1. The summed E-state index contributed by atoms with van der Waals surface area (Å²) in [4.78, 5) is 12.9. The van der Waals surface area contributed by atoms with E-state index in [1.807, 2.05) is 12.1 Å². The Morgan fingerprint density at radius 2 is 1.57 bits per heavy atom. The predicted molar refractivity (Wildman–Crippen MR) is 96.2 cm³/mol. The fraction of sp³-hybridized carbons (Fsp3) is 0.450. The van der Waals surface area contributed by atoms with Crippen molar-refractivity contribution in [2.75, 3.05) is 0 Å². The highest BCUT2D eigenvalue weighted by molar-refractivity contribution is 7.98. The van der Waals surface area contributed by atoms with Crippen molar-refractivity contribution in [2.45, 2.75) is 60.8 Å². The zero-order valence-corrected chi connectivity index (χ0v) is 14.4. The lowest BCUT2D eigenvalue weighted by molar-refractivity contribution is -0.131. The van der Waals surface area contributed by atoms with E-state index in [0.29, 0.717) is 16.6 Å². The van der Waals surface area contributed by atoms with Crippen molar-refractivity contribution in [3.05, 3.63) is 36.4 Å². The molecule has 2 aromatic rings. The maximum Gasteiger partial charge on any atom is 0.308 e. The van der Waals surface area contributed by atoms with E-state index in [9.17, 15) is 4.79 Å². The molecule has 120 valence electrons. The summed E-state index contributed by atoms with van der Waals surface area (Å²) < 4.78 is 5.43. The third-order valence-corrected chi connectivity index (χ3v) is 8.42. The number of esters is 1. The molecule has 2 bridgehead atoms. The number of fused-ring (bicyclic) bond motifs is 3.